The number of carbonyl (C=O) groups excluding carboxylic acids is 1. The number of sulfone groups is 1. The molecule has 0 aliphatic carbocycles. The Labute approximate surface area is 126 Å². The van der Waals surface area contributed by atoms with Crippen molar-refractivity contribution in [1.82, 2.24) is 4.90 Å². The first kappa shape index (κ1) is 17.2. The van der Waals surface area contributed by atoms with E-state index in [-0.39, 0.29) is 30.3 Å². The van der Waals surface area contributed by atoms with E-state index in [1.54, 1.807) is 19.2 Å². The Morgan fingerprint density at radius 1 is 1.33 bits per heavy atom. The number of hydrogen-bond acceptors (Lipinski definition) is 4. The summed E-state index contributed by atoms with van der Waals surface area (Å²) >= 11 is 0. The SMILES string of the molecule is Cc1ccccc1CS(=O)(=O)CCC(=O)N(C)CCC#N. The van der Waals surface area contributed by atoms with Crippen LogP contribution in [-0.4, -0.2) is 38.6 Å². The van der Waals surface area contributed by atoms with Crippen molar-refractivity contribution in [2.45, 2.75) is 25.5 Å². The van der Waals surface area contributed by atoms with Crippen molar-refractivity contribution < 1.29 is 13.2 Å². The number of nitrogens with zero attached hydrogens (tertiary/aromatic N) is 2. The molecule has 5 nitrogen and oxygen atoms in total. The third kappa shape index (κ3) is 5.96. The fraction of sp³-hybridized carbons (Fsp3) is 0.467. The van der Waals surface area contributed by atoms with Crippen LogP contribution in [0.5, 0.6) is 0 Å². The van der Waals surface area contributed by atoms with Crippen LogP contribution < -0.4 is 0 Å². The maximum Gasteiger partial charge on any atom is 0.223 e. The van der Waals surface area contributed by atoms with Crippen LogP contribution in [0.4, 0.5) is 0 Å². The molecule has 0 bridgehead atoms. The molecule has 0 spiro atoms. The van der Waals surface area contributed by atoms with Crippen LogP contribution in [0.25, 0.3) is 0 Å². The third-order valence-corrected chi connectivity index (χ3v) is 4.83. The van der Waals surface area contributed by atoms with E-state index in [9.17, 15) is 13.2 Å². The van der Waals surface area contributed by atoms with Gasteiger partial charge in [0.15, 0.2) is 9.84 Å². The first-order valence-corrected chi connectivity index (χ1v) is 8.53. The van der Waals surface area contributed by atoms with Gasteiger partial charge in [0.2, 0.25) is 5.91 Å². The smallest absolute Gasteiger partial charge is 0.223 e. The molecule has 0 N–H and O–H groups in total. The summed E-state index contributed by atoms with van der Waals surface area (Å²) in [6, 6.07) is 9.27. The number of rotatable bonds is 7. The van der Waals surface area contributed by atoms with Crippen LogP contribution in [0.2, 0.25) is 0 Å². The van der Waals surface area contributed by atoms with E-state index in [1.165, 1.54) is 4.90 Å². The zero-order valence-corrected chi connectivity index (χ0v) is 13.2. The highest BCUT2D eigenvalue weighted by Crippen LogP contribution is 2.12. The zero-order chi connectivity index (χ0) is 15.9. The van der Waals surface area contributed by atoms with E-state index < -0.39 is 9.84 Å². The van der Waals surface area contributed by atoms with E-state index in [4.69, 9.17) is 5.26 Å². The third-order valence-electron chi connectivity index (χ3n) is 3.25. The first-order valence-electron chi connectivity index (χ1n) is 6.71. The molecule has 0 heterocycles. The number of amides is 1. The minimum absolute atomic E-state index is 0.0455. The molecule has 0 saturated carbocycles. The molecule has 0 atom stereocenters. The maximum atomic E-state index is 12.1. The molecule has 0 radical (unpaired) electrons. The van der Waals surface area contributed by atoms with Gasteiger partial charge < -0.3 is 4.90 Å². The van der Waals surface area contributed by atoms with E-state index in [0.717, 1.165) is 11.1 Å². The molecular formula is C15H20N2O3S. The predicted molar refractivity (Wildman–Crippen MR) is 81.2 cm³/mol. The van der Waals surface area contributed by atoms with Crippen LogP contribution >= 0.6 is 0 Å². The van der Waals surface area contributed by atoms with Crippen LogP contribution in [0.1, 0.15) is 24.0 Å². The average molecular weight is 308 g/mol. The number of nitriles is 1. The maximum absolute atomic E-state index is 12.1. The van der Waals surface area contributed by atoms with Gasteiger partial charge in [0.05, 0.1) is 24.0 Å². The Bertz CT molecular complexity index is 633. The van der Waals surface area contributed by atoms with Crippen molar-refractivity contribution >= 4 is 15.7 Å². The molecule has 0 saturated heterocycles. The molecule has 1 aromatic rings. The Kier molecular flexibility index (Phi) is 6.38. The Morgan fingerprint density at radius 3 is 2.62 bits per heavy atom. The normalized spacial score (nSPS) is 10.9. The van der Waals surface area contributed by atoms with Gasteiger partial charge in [-0.3, -0.25) is 4.79 Å². The van der Waals surface area contributed by atoms with Crippen LogP contribution in [0.3, 0.4) is 0 Å². The van der Waals surface area contributed by atoms with Gasteiger partial charge in [-0.05, 0) is 18.1 Å². The standard InChI is InChI=1S/C15H20N2O3S/c1-13-6-3-4-7-14(13)12-21(19,20)11-8-15(18)17(2)10-5-9-16/h3-4,6-7H,5,8,10-12H2,1-2H3. The average Bonchev–Trinajstić information content (AvgIpc) is 2.44. The number of hydrogen-bond donors (Lipinski definition) is 0. The van der Waals surface area contributed by atoms with Gasteiger partial charge in [0.1, 0.15) is 0 Å². The molecule has 0 unspecified atom stereocenters. The molecule has 1 rings (SSSR count). The topological polar surface area (TPSA) is 78.2 Å². The van der Waals surface area contributed by atoms with Gasteiger partial charge in [-0.2, -0.15) is 5.26 Å². The van der Waals surface area contributed by atoms with Crippen molar-refractivity contribution in [3.8, 4) is 6.07 Å². The number of benzene rings is 1. The van der Waals surface area contributed by atoms with Crippen LogP contribution in [0.15, 0.2) is 24.3 Å². The quantitative estimate of drug-likeness (QED) is 0.767. The second-order valence-electron chi connectivity index (χ2n) is 4.99. The van der Waals surface area contributed by atoms with Crippen LogP contribution in [-0.2, 0) is 20.4 Å². The largest absolute Gasteiger partial charge is 0.345 e. The minimum Gasteiger partial charge on any atom is -0.345 e. The summed E-state index contributed by atoms with van der Waals surface area (Å²) in [6.07, 6.45) is 0.203. The highest BCUT2D eigenvalue weighted by molar-refractivity contribution is 7.90. The summed E-state index contributed by atoms with van der Waals surface area (Å²) < 4.78 is 24.1. The van der Waals surface area contributed by atoms with Crippen molar-refractivity contribution in [2.75, 3.05) is 19.3 Å². The Hall–Kier alpha value is -1.87. The summed E-state index contributed by atoms with van der Waals surface area (Å²) in [7, 11) is -1.74. The van der Waals surface area contributed by atoms with Crippen molar-refractivity contribution in [2.24, 2.45) is 0 Å². The van der Waals surface area contributed by atoms with E-state index in [0.29, 0.717) is 6.54 Å². The predicted octanol–water partition coefficient (Wildman–Crippen LogP) is 1.67. The van der Waals surface area contributed by atoms with Crippen LogP contribution in [0, 0.1) is 18.3 Å². The van der Waals surface area contributed by atoms with Gasteiger partial charge in [-0.25, -0.2) is 8.42 Å². The molecule has 21 heavy (non-hydrogen) atoms. The molecule has 6 heteroatoms. The summed E-state index contributed by atoms with van der Waals surface area (Å²) in [5.74, 6) is -0.468. The Morgan fingerprint density at radius 2 is 2.00 bits per heavy atom. The van der Waals surface area contributed by atoms with Gasteiger partial charge in [0, 0.05) is 20.0 Å². The monoisotopic (exact) mass is 308 g/mol. The van der Waals surface area contributed by atoms with E-state index in [2.05, 4.69) is 0 Å². The molecule has 1 amide bonds. The zero-order valence-electron chi connectivity index (χ0n) is 12.4. The van der Waals surface area contributed by atoms with Crippen molar-refractivity contribution in [3.63, 3.8) is 0 Å². The number of carbonyl (C=O) groups is 1. The second-order valence-corrected chi connectivity index (χ2v) is 7.18. The van der Waals surface area contributed by atoms with Crippen molar-refractivity contribution in [1.29, 1.82) is 5.26 Å². The summed E-state index contributed by atoms with van der Waals surface area (Å²) in [4.78, 5) is 13.2. The van der Waals surface area contributed by atoms with E-state index >= 15 is 0 Å². The Balaban J connectivity index is 2.56. The summed E-state index contributed by atoms with van der Waals surface area (Å²) in [5.41, 5.74) is 1.70. The lowest BCUT2D eigenvalue weighted by Crippen LogP contribution is -2.29. The summed E-state index contributed by atoms with van der Waals surface area (Å²) in [5, 5.41) is 8.46. The lowest BCUT2D eigenvalue weighted by atomic mass is 10.1. The fourth-order valence-electron chi connectivity index (χ4n) is 1.86. The molecular weight excluding hydrogens is 288 g/mol. The van der Waals surface area contributed by atoms with Gasteiger partial charge in [-0.1, -0.05) is 24.3 Å². The minimum atomic E-state index is -3.32. The van der Waals surface area contributed by atoms with E-state index in [1.807, 2.05) is 25.1 Å². The lowest BCUT2D eigenvalue weighted by Gasteiger charge is -2.15. The fourth-order valence-corrected chi connectivity index (χ4v) is 3.28. The molecule has 0 aliphatic rings. The highest BCUT2D eigenvalue weighted by Gasteiger charge is 2.17. The first-order chi connectivity index (χ1) is 9.85. The molecule has 1 aromatic carbocycles. The lowest BCUT2D eigenvalue weighted by molar-refractivity contribution is -0.129. The van der Waals surface area contributed by atoms with Gasteiger partial charge in [-0.15, -0.1) is 0 Å². The molecule has 114 valence electrons. The number of aryl methyl sites for hydroxylation is 1. The summed E-state index contributed by atoms with van der Waals surface area (Å²) in [6.45, 7) is 2.19. The van der Waals surface area contributed by atoms with Gasteiger partial charge >= 0.3 is 0 Å². The molecule has 0 aromatic heterocycles. The van der Waals surface area contributed by atoms with Crippen molar-refractivity contribution in [3.05, 3.63) is 35.4 Å². The molecule has 0 aliphatic heterocycles. The second kappa shape index (κ2) is 7.79. The molecule has 0 fully saturated rings. The highest BCUT2D eigenvalue weighted by atomic mass is 32.2. The van der Waals surface area contributed by atoms with Gasteiger partial charge in [0.25, 0.3) is 0 Å².